The highest BCUT2D eigenvalue weighted by Gasteiger charge is 2.18. The molecule has 2 rings (SSSR count). The molecule has 2 aromatic rings. The highest BCUT2D eigenvalue weighted by Crippen LogP contribution is 2.25. The highest BCUT2D eigenvalue weighted by atomic mass is 35.5. The van der Waals surface area contributed by atoms with E-state index in [1.54, 1.807) is 4.68 Å². The topological polar surface area (TPSA) is 44.1 Å². The molecule has 1 aromatic heterocycles. The molecule has 0 radical (unpaired) electrons. The fourth-order valence-electron chi connectivity index (χ4n) is 2.05. The number of carbonyl (C=O) groups excluding carboxylic acids is 1. The van der Waals surface area contributed by atoms with Crippen molar-refractivity contribution in [1.82, 2.24) is 9.78 Å². The molecule has 0 aliphatic heterocycles. The quantitative estimate of drug-likeness (QED) is 0.794. The number of halogens is 1. The molecule has 0 aliphatic carbocycles. The fourth-order valence-corrected chi connectivity index (χ4v) is 2.32. The van der Waals surface area contributed by atoms with E-state index in [0.29, 0.717) is 5.15 Å². The lowest BCUT2D eigenvalue weighted by molar-refractivity contribution is -0.153. The number of rotatable bonds is 2. The predicted molar refractivity (Wildman–Crippen MR) is 75.3 cm³/mol. The van der Waals surface area contributed by atoms with Crippen LogP contribution in [0.3, 0.4) is 0 Å². The SMILES string of the molecule is Cn1nc(Cl)c2cccc(CC(=O)OC(C)(C)C)c21. The van der Waals surface area contributed by atoms with Crippen molar-refractivity contribution in [1.29, 1.82) is 0 Å². The normalized spacial score (nSPS) is 11.8. The molecular formula is C14H17ClN2O2. The van der Waals surface area contributed by atoms with Crippen LogP contribution in [0, 0.1) is 0 Å². The number of para-hydroxylation sites is 1. The van der Waals surface area contributed by atoms with E-state index in [1.165, 1.54) is 0 Å². The first kappa shape index (κ1) is 13.9. The summed E-state index contributed by atoms with van der Waals surface area (Å²) >= 11 is 6.04. The van der Waals surface area contributed by atoms with Crippen LogP contribution in [0.4, 0.5) is 0 Å². The zero-order valence-electron chi connectivity index (χ0n) is 11.5. The van der Waals surface area contributed by atoms with Crippen LogP contribution in [-0.2, 0) is 23.0 Å². The minimum Gasteiger partial charge on any atom is -0.460 e. The van der Waals surface area contributed by atoms with Crippen molar-refractivity contribution in [2.45, 2.75) is 32.8 Å². The van der Waals surface area contributed by atoms with Gasteiger partial charge in [0.15, 0.2) is 5.15 Å². The lowest BCUT2D eigenvalue weighted by Gasteiger charge is -2.19. The number of hydrogen-bond donors (Lipinski definition) is 0. The van der Waals surface area contributed by atoms with Gasteiger partial charge in [0.1, 0.15) is 5.60 Å². The van der Waals surface area contributed by atoms with Gasteiger partial charge < -0.3 is 4.74 Å². The van der Waals surface area contributed by atoms with Gasteiger partial charge in [-0.3, -0.25) is 9.48 Å². The molecule has 0 N–H and O–H groups in total. The number of aromatic nitrogens is 2. The number of ether oxygens (including phenoxy) is 1. The lowest BCUT2D eigenvalue weighted by Crippen LogP contribution is -2.25. The van der Waals surface area contributed by atoms with E-state index in [9.17, 15) is 4.79 Å². The van der Waals surface area contributed by atoms with E-state index in [0.717, 1.165) is 16.5 Å². The Morgan fingerprint density at radius 1 is 1.42 bits per heavy atom. The Morgan fingerprint density at radius 2 is 2.11 bits per heavy atom. The van der Waals surface area contributed by atoms with E-state index in [1.807, 2.05) is 46.0 Å². The zero-order chi connectivity index (χ0) is 14.2. The molecule has 0 saturated heterocycles. The summed E-state index contributed by atoms with van der Waals surface area (Å²) in [7, 11) is 1.81. The summed E-state index contributed by atoms with van der Waals surface area (Å²) in [6, 6.07) is 5.66. The van der Waals surface area contributed by atoms with Crippen LogP contribution in [0.1, 0.15) is 26.3 Å². The zero-order valence-corrected chi connectivity index (χ0v) is 12.3. The van der Waals surface area contributed by atoms with E-state index in [4.69, 9.17) is 16.3 Å². The molecule has 0 atom stereocenters. The Bertz CT molecular complexity index is 626. The lowest BCUT2D eigenvalue weighted by atomic mass is 10.1. The molecule has 0 aliphatic rings. The van der Waals surface area contributed by atoms with Gasteiger partial charge in [0.2, 0.25) is 0 Å². The number of nitrogens with zero attached hydrogens (tertiary/aromatic N) is 2. The average molecular weight is 281 g/mol. The minimum absolute atomic E-state index is 0.213. The van der Waals surface area contributed by atoms with Crippen molar-refractivity contribution in [2.24, 2.45) is 7.05 Å². The maximum absolute atomic E-state index is 11.9. The highest BCUT2D eigenvalue weighted by molar-refractivity contribution is 6.34. The summed E-state index contributed by atoms with van der Waals surface area (Å²) in [6.07, 6.45) is 0.213. The Morgan fingerprint density at radius 3 is 2.74 bits per heavy atom. The second-order valence-corrected chi connectivity index (χ2v) is 5.85. The first-order valence-electron chi connectivity index (χ1n) is 6.10. The first-order chi connectivity index (χ1) is 8.78. The van der Waals surface area contributed by atoms with Gasteiger partial charge in [0.05, 0.1) is 11.9 Å². The van der Waals surface area contributed by atoms with Gasteiger partial charge in [-0.25, -0.2) is 0 Å². The molecule has 1 aromatic carbocycles. The molecule has 0 fully saturated rings. The third kappa shape index (κ3) is 3.07. The summed E-state index contributed by atoms with van der Waals surface area (Å²) in [5.41, 5.74) is 1.27. The molecule has 0 bridgehead atoms. The Labute approximate surface area is 117 Å². The molecule has 4 nitrogen and oxygen atoms in total. The van der Waals surface area contributed by atoms with Gasteiger partial charge in [0, 0.05) is 12.4 Å². The smallest absolute Gasteiger partial charge is 0.310 e. The van der Waals surface area contributed by atoms with E-state index >= 15 is 0 Å². The molecular weight excluding hydrogens is 264 g/mol. The molecule has 0 saturated carbocycles. The van der Waals surface area contributed by atoms with Crippen molar-refractivity contribution in [3.8, 4) is 0 Å². The molecule has 0 unspecified atom stereocenters. The third-order valence-corrected chi connectivity index (χ3v) is 2.94. The maximum Gasteiger partial charge on any atom is 0.310 e. The van der Waals surface area contributed by atoms with Crippen molar-refractivity contribution < 1.29 is 9.53 Å². The van der Waals surface area contributed by atoms with E-state index in [2.05, 4.69) is 5.10 Å². The van der Waals surface area contributed by atoms with Gasteiger partial charge in [-0.2, -0.15) is 5.10 Å². The van der Waals surface area contributed by atoms with Crippen molar-refractivity contribution >= 4 is 28.5 Å². The number of esters is 1. The van der Waals surface area contributed by atoms with Crippen LogP contribution in [0.15, 0.2) is 18.2 Å². The Kier molecular flexibility index (Phi) is 3.54. The summed E-state index contributed by atoms with van der Waals surface area (Å²) in [4.78, 5) is 11.9. The number of fused-ring (bicyclic) bond motifs is 1. The summed E-state index contributed by atoms with van der Waals surface area (Å²) in [6.45, 7) is 5.56. The number of hydrogen-bond acceptors (Lipinski definition) is 3. The molecule has 1 heterocycles. The van der Waals surface area contributed by atoms with Gasteiger partial charge in [-0.1, -0.05) is 23.7 Å². The van der Waals surface area contributed by atoms with Crippen LogP contribution in [0.5, 0.6) is 0 Å². The Hall–Kier alpha value is -1.55. The fraction of sp³-hybridized carbons (Fsp3) is 0.429. The van der Waals surface area contributed by atoms with Crippen molar-refractivity contribution in [2.75, 3.05) is 0 Å². The largest absolute Gasteiger partial charge is 0.460 e. The van der Waals surface area contributed by atoms with Crippen LogP contribution in [0.25, 0.3) is 10.9 Å². The number of carbonyl (C=O) groups is 1. The van der Waals surface area contributed by atoms with E-state index < -0.39 is 5.60 Å². The second kappa shape index (κ2) is 4.85. The molecule has 0 spiro atoms. The monoisotopic (exact) mass is 280 g/mol. The van der Waals surface area contributed by atoms with Gasteiger partial charge >= 0.3 is 5.97 Å². The predicted octanol–water partition coefficient (Wildman–Crippen LogP) is 3.11. The van der Waals surface area contributed by atoms with Crippen LogP contribution < -0.4 is 0 Å². The summed E-state index contributed by atoms with van der Waals surface area (Å²) in [5, 5.41) is 5.46. The Balaban J connectivity index is 2.33. The molecule has 5 heteroatoms. The minimum atomic E-state index is -0.477. The van der Waals surface area contributed by atoms with Crippen LogP contribution >= 0.6 is 11.6 Å². The molecule has 102 valence electrons. The number of benzene rings is 1. The maximum atomic E-state index is 11.9. The van der Waals surface area contributed by atoms with Crippen LogP contribution in [0.2, 0.25) is 5.15 Å². The van der Waals surface area contributed by atoms with Crippen molar-refractivity contribution in [3.05, 3.63) is 28.9 Å². The van der Waals surface area contributed by atoms with Gasteiger partial charge in [0.25, 0.3) is 0 Å². The number of aryl methyl sites for hydroxylation is 1. The molecule has 0 amide bonds. The first-order valence-corrected chi connectivity index (χ1v) is 6.47. The summed E-state index contributed by atoms with van der Waals surface area (Å²) < 4.78 is 7.03. The van der Waals surface area contributed by atoms with Crippen LogP contribution in [-0.4, -0.2) is 21.4 Å². The average Bonchev–Trinajstić information content (AvgIpc) is 2.53. The van der Waals surface area contributed by atoms with Gasteiger partial charge in [-0.05, 0) is 32.4 Å². The second-order valence-electron chi connectivity index (χ2n) is 5.49. The van der Waals surface area contributed by atoms with Gasteiger partial charge in [-0.15, -0.1) is 0 Å². The summed E-state index contributed by atoms with van der Waals surface area (Å²) in [5.74, 6) is -0.252. The molecule has 19 heavy (non-hydrogen) atoms. The third-order valence-electron chi connectivity index (χ3n) is 2.66. The standard InChI is InChI=1S/C14H17ClN2O2/c1-14(2,3)19-11(18)8-9-6-5-7-10-12(9)17(4)16-13(10)15/h5-7H,8H2,1-4H3. The van der Waals surface area contributed by atoms with Crippen molar-refractivity contribution in [3.63, 3.8) is 0 Å². The van der Waals surface area contributed by atoms with E-state index in [-0.39, 0.29) is 12.4 Å².